The van der Waals surface area contributed by atoms with Gasteiger partial charge in [-0.05, 0) is 100 Å². The molecule has 1 N–H and O–H groups in total. The molecule has 3 rings (SSSR count). The largest absolute Gasteiger partial charge is 0.494 e. The van der Waals surface area contributed by atoms with Gasteiger partial charge in [0.1, 0.15) is 18.3 Å². The zero-order valence-electron chi connectivity index (χ0n) is 25.2. The summed E-state index contributed by atoms with van der Waals surface area (Å²) in [5, 5.41) is 2.95. The molecule has 3 aromatic carbocycles. The van der Waals surface area contributed by atoms with Gasteiger partial charge in [-0.3, -0.25) is 13.9 Å². The molecule has 0 radical (unpaired) electrons. The first-order valence-corrected chi connectivity index (χ1v) is 16.7. The Balaban J connectivity index is 2.04. The summed E-state index contributed by atoms with van der Waals surface area (Å²) in [6.07, 6.45) is 2.65. The minimum absolute atomic E-state index is 0.0648. The van der Waals surface area contributed by atoms with Gasteiger partial charge in [-0.15, -0.1) is 11.8 Å². The molecule has 0 heterocycles. The Bertz CT molecular complexity index is 1440. The van der Waals surface area contributed by atoms with Crippen LogP contribution in [0, 0.1) is 6.92 Å². The van der Waals surface area contributed by atoms with Crippen molar-refractivity contribution >= 4 is 39.3 Å². The van der Waals surface area contributed by atoms with E-state index in [4.69, 9.17) is 4.74 Å². The summed E-state index contributed by atoms with van der Waals surface area (Å²) in [5.74, 6) is -0.205. The topological polar surface area (TPSA) is 96.0 Å². The van der Waals surface area contributed by atoms with Crippen LogP contribution in [0.25, 0.3) is 0 Å². The third-order valence-electron chi connectivity index (χ3n) is 7.13. The third kappa shape index (κ3) is 8.29. The van der Waals surface area contributed by atoms with E-state index >= 15 is 0 Å². The Morgan fingerprint density at radius 2 is 1.60 bits per heavy atom. The van der Waals surface area contributed by atoms with Gasteiger partial charge in [0.25, 0.3) is 10.0 Å². The Hall–Kier alpha value is -3.50. The van der Waals surface area contributed by atoms with Gasteiger partial charge >= 0.3 is 0 Å². The van der Waals surface area contributed by atoms with Crippen LogP contribution < -0.4 is 14.4 Å². The molecule has 226 valence electrons. The van der Waals surface area contributed by atoms with Crippen LogP contribution in [-0.4, -0.2) is 56.6 Å². The highest BCUT2D eigenvalue weighted by molar-refractivity contribution is 7.98. The number of rotatable bonds is 14. The Labute approximate surface area is 254 Å². The Morgan fingerprint density at radius 3 is 2.17 bits per heavy atom. The number of hydrogen-bond acceptors (Lipinski definition) is 6. The first-order chi connectivity index (χ1) is 20.0. The van der Waals surface area contributed by atoms with Crippen molar-refractivity contribution in [1.82, 2.24) is 10.2 Å². The molecule has 0 aliphatic carbocycles. The molecule has 10 heteroatoms. The van der Waals surface area contributed by atoms with Crippen LogP contribution in [0.3, 0.4) is 0 Å². The molecule has 0 fully saturated rings. The monoisotopic (exact) mass is 611 g/mol. The molecular weight excluding hydrogens is 571 g/mol. The Morgan fingerprint density at radius 1 is 0.952 bits per heavy atom. The maximum absolute atomic E-state index is 14.1. The molecule has 42 heavy (non-hydrogen) atoms. The van der Waals surface area contributed by atoms with E-state index in [1.54, 1.807) is 55.5 Å². The second kappa shape index (κ2) is 15.1. The predicted molar refractivity (Wildman–Crippen MR) is 169 cm³/mol. The SMILES string of the molecule is CCOc1ccc(N(CC(=O)N(Cc2ccccc2C)[C@@H](C)C(=O)N[C@@H](C)CC)S(=O)(=O)c2ccc(SC)cc2)cc1. The van der Waals surface area contributed by atoms with Crippen molar-refractivity contribution < 1.29 is 22.7 Å². The highest BCUT2D eigenvalue weighted by Crippen LogP contribution is 2.28. The fraction of sp³-hybridized carbons (Fsp3) is 0.375. The maximum Gasteiger partial charge on any atom is 0.264 e. The van der Waals surface area contributed by atoms with Gasteiger partial charge in [0.05, 0.1) is 17.2 Å². The average molecular weight is 612 g/mol. The summed E-state index contributed by atoms with van der Waals surface area (Å²) in [7, 11) is -4.15. The Kier molecular flexibility index (Phi) is 11.9. The molecule has 8 nitrogen and oxygen atoms in total. The van der Waals surface area contributed by atoms with Crippen molar-refractivity contribution in [3.63, 3.8) is 0 Å². The molecule has 0 saturated heterocycles. The van der Waals surface area contributed by atoms with Gasteiger partial charge < -0.3 is 15.0 Å². The molecule has 3 aromatic rings. The van der Waals surface area contributed by atoms with E-state index in [1.165, 1.54) is 16.7 Å². The number of sulfonamides is 1. The van der Waals surface area contributed by atoms with Gasteiger partial charge in [-0.1, -0.05) is 31.2 Å². The first kappa shape index (κ1) is 33.0. The second-order valence-corrected chi connectivity index (χ2v) is 12.8. The number of carbonyl (C=O) groups excluding carboxylic acids is 2. The predicted octanol–water partition coefficient (Wildman–Crippen LogP) is 5.64. The van der Waals surface area contributed by atoms with Crippen LogP contribution >= 0.6 is 11.8 Å². The molecule has 0 spiro atoms. The highest BCUT2D eigenvalue weighted by atomic mass is 32.2. The van der Waals surface area contributed by atoms with Gasteiger partial charge in [0, 0.05) is 17.5 Å². The summed E-state index contributed by atoms with van der Waals surface area (Å²) in [6, 6.07) is 19.9. The molecule has 0 aliphatic heterocycles. The van der Waals surface area contributed by atoms with E-state index in [0.29, 0.717) is 18.0 Å². The van der Waals surface area contributed by atoms with Gasteiger partial charge in [-0.2, -0.15) is 0 Å². The van der Waals surface area contributed by atoms with Crippen molar-refractivity contribution in [2.24, 2.45) is 0 Å². The van der Waals surface area contributed by atoms with Crippen LogP contribution in [0.15, 0.2) is 82.6 Å². The van der Waals surface area contributed by atoms with Crippen molar-refractivity contribution in [2.75, 3.05) is 23.7 Å². The van der Waals surface area contributed by atoms with E-state index in [0.717, 1.165) is 26.7 Å². The molecule has 0 unspecified atom stereocenters. The minimum Gasteiger partial charge on any atom is -0.494 e. The molecule has 0 saturated carbocycles. The zero-order valence-corrected chi connectivity index (χ0v) is 26.8. The standard InChI is InChI=1S/C32H41N3O5S2/c1-7-24(4)33-32(37)25(5)34(21-26-12-10-9-11-23(26)3)31(36)22-35(27-13-15-28(16-14-27)40-8-2)42(38,39)30-19-17-29(41-6)18-20-30/h9-20,24-25H,7-8,21-22H2,1-6H3,(H,33,37)/t24-,25-/m0/s1. The highest BCUT2D eigenvalue weighted by Gasteiger charge is 2.33. The van der Waals surface area contributed by atoms with Crippen molar-refractivity contribution in [3.05, 3.63) is 83.9 Å². The van der Waals surface area contributed by atoms with Gasteiger partial charge in [-0.25, -0.2) is 8.42 Å². The van der Waals surface area contributed by atoms with Crippen LogP contribution in [0.2, 0.25) is 0 Å². The first-order valence-electron chi connectivity index (χ1n) is 14.1. The van der Waals surface area contributed by atoms with Crippen molar-refractivity contribution in [1.29, 1.82) is 0 Å². The normalized spacial score (nSPS) is 12.7. The van der Waals surface area contributed by atoms with Crippen LogP contribution in [0.5, 0.6) is 5.75 Å². The van der Waals surface area contributed by atoms with E-state index in [-0.39, 0.29) is 23.4 Å². The van der Waals surface area contributed by atoms with E-state index in [1.807, 2.05) is 58.2 Å². The van der Waals surface area contributed by atoms with Gasteiger partial charge in [0.15, 0.2) is 0 Å². The zero-order chi connectivity index (χ0) is 30.9. The average Bonchev–Trinajstić information content (AvgIpc) is 2.99. The summed E-state index contributed by atoms with van der Waals surface area (Å²) in [6.45, 7) is 9.47. The summed E-state index contributed by atoms with van der Waals surface area (Å²) < 4.78 is 34.7. The lowest BCUT2D eigenvalue weighted by molar-refractivity contribution is -0.139. The quantitative estimate of drug-likeness (QED) is 0.237. The molecule has 2 amide bonds. The van der Waals surface area contributed by atoms with Crippen LogP contribution in [0.1, 0.15) is 45.2 Å². The number of nitrogens with one attached hydrogen (secondary N) is 1. The number of aryl methyl sites for hydroxylation is 1. The fourth-order valence-corrected chi connectivity index (χ4v) is 6.12. The number of anilines is 1. The number of benzene rings is 3. The lowest BCUT2D eigenvalue weighted by atomic mass is 10.1. The van der Waals surface area contributed by atoms with Crippen molar-refractivity contribution in [2.45, 2.75) is 69.5 Å². The van der Waals surface area contributed by atoms with Crippen LogP contribution in [0.4, 0.5) is 5.69 Å². The number of hydrogen-bond donors (Lipinski definition) is 1. The van der Waals surface area contributed by atoms with Gasteiger partial charge in [0.2, 0.25) is 11.8 Å². The maximum atomic E-state index is 14.1. The molecule has 2 atom stereocenters. The number of amides is 2. The third-order valence-corrected chi connectivity index (χ3v) is 9.66. The minimum atomic E-state index is -4.15. The lowest BCUT2D eigenvalue weighted by Gasteiger charge is -2.32. The van der Waals surface area contributed by atoms with E-state index in [2.05, 4.69) is 5.32 Å². The lowest BCUT2D eigenvalue weighted by Crippen LogP contribution is -2.52. The molecule has 0 aliphatic rings. The smallest absolute Gasteiger partial charge is 0.264 e. The number of nitrogens with zero attached hydrogens (tertiary/aromatic N) is 2. The van der Waals surface area contributed by atoms with Crippen LogP contribution in [-0.2, 0) is 26.2 Å². The number of carbonyl (C=O) groups is 2. The summed E-state index contributed by atoms with van der Waals surface area (Å²) in [4.78, 5) is 29.8. The second-order valence-electron chi connectivity index (χ2n) is 10.1. The fourth-order valence-electron chi connectivity index (χ4n) is 4.30. The molecule has 0 bridgehead atoms. The molecule has 0 aromatic heterocycles. The number of ether oxygens (including phenoxy) is 1. The summed E-state index contributed by atoms with van der Waals surface area (Å²) in [5.41, 5.74) is 2.15. The summed E-state index contributed by atoms with van der Waals surface area (Å²) >= 11 is 1.51. The number of thioether (sulfide) groups is 1. The van der Waals surface area contributed by atoms with E-state index < -0.39 is 28.5 Å². The van der Waals surface area contributed by atoms with Crippen molar-refractivity contribution in [3.8, 4) is 5.75 Å². The van der Waals surface area contributed by atoms with E-state index in [9.17, 15) is 18.0 Å². The molecular formula is C32H41N3O5S2.